The Balaban J connectivity index is 1.51. The average Bonchev–Trinajstić information content (AvgIpc) is 2.62. The second-order valence-corrected chi connectivity index (χ2v) is 5.95. The van der Waals surface area contributed by atoms with E-state index in [1.165, 1.54) is 16.3 Å². The Bertz CT molecular complexity index is 830. The van der Waals surface area contributed by atoms with E-state index < -0.39 is 0 Å². The zero-order valence-corrected chi connectivity index (χ0v) is 14.4. The van der Waals surface area contributed by atoms with E-state index in [2.05, 4.69) is 47.0 Å². The van der Waals surface area contributed by atoms with Crippen LogP contribution in [0.25, 0.3) is 10.8 Å². The number of benzene rings is 3. The van der Waals surface area contributed by atoms with Crippen molar-refractivity contribution < 1.29 is 4.74 Å². The van der Waals surface area contributed by atoms with Crippen LogP contribution >= 0.6 is 12.2 Å². The number of thiocarbonyl (C=S) groups is 1. The number of hydrogen-bond donors (Lipinski definition) is 2. The van der Waals surface area contributed by atoms with Crippen molar-refractivity contribution in [3.63, 3.8) is 0 Å². The van der Waals surface area contributed by atoms with E-state index in [9.17, 15) is 0 Å². The Kier molecular flexibility index (Phi) is 5.29. The maximum Gasteiger partial charge on any atom is 0.170 e. The van der Waals surface area contributed by atoms with Gasteiger partial charge in [0, 0.05) is 12.2 Å². The molecular weight excluding hydrogens is 316 g/mol. The van der Waals surface area contributed by atoms with Gasteiger partial charge in [0.15, 0.2) is 5.11 Å². The second-order valence-electron chi connectivity index (χ2n) is 5.54. The molecule has 0 atom stereocenters. The number of anilines is 1. The van der Waals surface area contributed by atoms with Gasteiger partial charge in [-0.3, -0.25) is 0 Å². The molecule has 0 spiro atoms. The number of rotatable bonds is 5. The Morgan fingerprint density at radius 1 is 0.958 bits per heavy atom. The van der Waals surface area contributed by atoms with Crippen LogP contribution in [0.5, 0.6) is 5.75 Å². The van der Waals surface area contributed by atoms with Crippen LogP contribution in [0.2, 0.25) is 0 Å². The summed E-state index contributed by atoms with van der Waals surface area (Å²) in [6.45, 7) is 0.783. The molecule has 0 aliphatic heterocycles. The highest BCUT2D eigenvalue weighted by Gasteiger charge is 2.00. The molecule has 0 aliphatic rings. The monoisotopic (exact) mass is 336 g/mol. The predicted octanol–water partition coefficient (Wildman–Crippen LogP) is 4.38. The summed E-state index contributed by atoms with van der Waals surface area (Å²) < 4.78 is 5.16. The number of nitrogens with one attached hydrogen (secondary N) is 2. The van der Waals surface area contributed by atoms with Crippen molar-refractivity contribution in [3.05, 3.63) is 72.3 Å². The summed E-state index contributed by atoms with van der Waals surface area (Å²) in [5.74, 6) is 0.875. The van der Waals surface area contributed by atoms with Crippen LogP contribution in [0.1, 0.15) is 5.56 Å². The summed E-state index contributed by atoms with van der Waals surface area (Å²) in [5.41, 5.74) is 2.24. The minimum absolute atomic E-state index is 0.638. The molecule has 3 nitrogen and oxygen atoms in total. The minimum Gasteiger partial charge on any atom is -0.497 e. The molecule has 0 heterocycles. The normalized spacial score (nSPS) is 10.4. The molecular formula is C20H20N2OS. The Labute approximate surface area is 147 Å². The van der Waals surface area contributed by atoms with Crippen molar-refractivity contribution in [2.45, 2.75) is 6.42 Å². The fraction of sp³-hybridized carbons (Fsp3) is 0.150. The maximum absolute atomic E-state index is 5.37. The fourth-order valence-electron chi connectivity index (χ4n) is 2.55. The lowest BCUT2D eigenvalue weighted by Crippen LogP contribution is -2.30. The minimum atomic E-state index is 0.638. The van der Waals surface area contributed by atoms with E-state index in [0.29, 0.717) is 5.11 Å². The molecule has 0 aromatic heterocycles. The predicted molar refractivity (Wildman–Crippen MR) is 105 cm³/mol. The lowest BCUT2D eigenvalue weighted by molar-refractivity contribution is 0.414. The summed E-state index contributed by atoms with van der Waals surface area (Å²) in [4.78, 5) is 0. The number of methoxy groups -OCH3 is 1. The number of hydrogen-bond acceptors (Lipinski definition) is 2. The van der Waals surface area contributed by atoms with Gasteiger partial charge < -0.3 is 15.4 Å². The smallest absolute Gasteiger partial charge is 0.170 e. The second kappa shape index (κ2) is 7.79. The average molecular weight is 336 g/mol. The summed E-state index contributed by atoms with van der Waals surface area (Å²) in [7, 11) is 1.67. The molecule has 0 fully saturated rings. The van der Waals surface area contributed by atoms with Crippen molar-refractivity contribution in [3.8, 4) is 5.75 Å². The van der Waals surface area contributed by atoms with Gasteiger partial charge in [0.05, 0.1) is 7.11 Å². The van der Waals surface area contributed by atoms with Gasteiger partial charge in [0.2, 0.25) is 0 Å². The standard InChI is InChI=1S/C20H20N2OS/c1-23-19-10-6-15(7-11-19)12-13-21-20(24)22-18-9-8-16-4-2-3-5-17(16)14-18/h2-11,14H,12-13H2,1H3,(H2,21,22,24). The van der Waals surface area contributed by atoms with Gasteiger partial charge in [-0.15, -0.1) is 0 Å². The molecule has 0 bridgehead atoms. The number of ether oxygens (including phenoxy) is 1. The topological polar surface area (TPSA) is 33.3 Å². The molecule has 0 radical (unpaired) electrons. The molecule has 2 N–H and O–H groups in total. The molecule has 0 aliphatic carbocycles. The van der Waals surface area contributed by atoms with Crippen molar-refractivity contribution in [1.82, 2.24) is 5.32 Å². The number of fused-ring (bicyclic) bond motifs is 1. The zero-order valence-electron chi connectivity index (χ0n) is 13.6. The van der Waals surface area contributed by atoms with Crippen molar-refractivity contribution >= 4 is 33.8 Å². The van der Waals surface area contributed by atoms with E-state index in [1.807, 2.05) is 30.3 Å². The van der Waals surface area contributed by atoms with Crippen molar-refractivity contribution in [1.29, 1.82) is 0 Å². The summed E-state index contributed by atoms with van der Waals surface area (Å²) >= 11 is 5.37. The first kappa shape index (κ1) is 16.3. The molecule has 0 saturated heterocycles. The maximum atomic E-state index is 5.37. The van der Waals surface area contributed by atoms with Gasteiger partial charge >= 0.3 is 0 Å². The van der Waals surface area contributed by atoms with E-state index in [-0.39, 0.29) is 0 Å². The van der Waals surface area contributed by atoms with Gasteiger partial charge in [0.25, 0.3) is 0 Å². The fourth-order valence-corrected chi connectivity index (χ4v) is 2.77. The molecule has 3 aromatic rings. The van der Waals surface area contributed by atoms with Gasteiger partial charge in [-0.05, 0) is 59.2 Å². The summed E-state index contributed by atoms with van der Waals surface area (Å²) in [5, 5.41) is 9.54. The first-order valence-electron chi connectivity index (χ1n) is 7.91. The van der Waals surface area contributed by atoms with Crippen LogP contribution in [0, 0.1) is 0 Å². The molecule has 0 saturated carbocycles. The molecule has 24 heavy (non-hydrogen) atoms. The van der Waals surface area contributed by atoms with Gasteiger partial charge in [-0.25, -0.2) is 0 Å². The van der Waals surface area contributed by atoms with Crippen LogP contribution in [-0.2, 0) is 6.42 Å². The molecule has 3 rings (SSSR count). The van der Waals surface area contributed by atoms with Gasteiger partial charge in [-0.1, -0.05) is 42.5 Å². The highest BCUT2D eigenvalue weighted by Crippen LogP contribution is 2.18. The first-order chi connectivity index (χ1) is 11.7. The van der Waals surface area contributed by atoms with E-state index >= 15 is 0 Å². The summed E-state index contributed by atoms with van der Waals surface area (Å²) in [6, 6.07) is 22.6. The van der Waals surface area contributed by atoms with Crippen LogP contribution in [0.15, 0.2) is 66.7 Å². The Morgan fingerprint density at radius 3 is 2.46 bits per heavy atom. The highest BCUT2D eigenvalue weighted by atomic mass is 32.1. The molecule has 0 amide bonds. The Morgan fingerprint density at radius 2 is 1.71 bits per heavy atom. The van der Waals surface area contributed by atoms with Crippen LogP contribution in [0.3, 0.4) is 0 Å². The Hall–Kier alpha value is -2.59. The van der Waals surface area contributed by atoms with E-state index in [0.717, 1.165) is 24.4 Å². The lowest BCUT2D eigenvalue weighted by Gasteiger charge is -2.11. The molecule has 4 heteroatoms. The SMILES string of the molecule is COc1ccc(CCNC(=S)Nc2ccc3ccccc3c2)cc1. The lowest BCUT2D eigenvalue weighted by atomic mass is 10.1. The third kappa shape index (κ3) is 4.24. The van der Waals surface area contributed by atoms with E-state index in [1.54, 1.807) is 7.11 Å². The quantitative estimate of drug-likeness (QED) is 0.678. The van der Waals surface area contributed by atoms with Crippen molar-refractivity contribution in [2.24, 2.45) is 0 Å². The molecule has 3 aromatic carbocycles. The van der Waals surface area contributed by atoms with Crippen LogP contribution in [-0.4, -0.2) is 18.8 Å². The highest BCUT2D eigenvalue weighted by molar-refractivity contribution is 7.80. The summed E-state index contributed by atoms with van der Waals surface area (Å²) in [6.07, 6.45) is 0.906. The van der Waals surface area contributed by atoms with Crippen molar-refractivity contribution in [2.75, 3.05) is 19.0 Å². The van der Waals surface area contributed by atoms with E-state index in [4.69, 9.17) is 17.0 Å². The third-order valence-corrected chi connectivity index (χ3v) is 4.11. The largest absolute Gasteiger partial charge is 0.497 e. The van der Waals surface area contributed by atoms with Gasteiger partial charge in [-0.2, -0.15) is 0 Å². The van der Waals surface area contributed by atoms with Crippen LogP contribution < -0.4 is 15.4 Å². The van der Waals surface area contributed by atoms with Gasteiger partial charge in [0.1, 0.15) is 5.75 Å². The zero-order chi connectivity index (χ0) is 16.8. The molecule has 122 valence electrons. The third-order valence-electron chi connectivity index (χ3n) is 3.87. The molecule has 0 unspecified atom stereocenters. The first-order valence-corrected chi connectivity index (χ1v) is 8.32. The van der Waals surface area contributed by atoms with Crippen LogP contribution in [0.4, 0.5) is 5.69 Å².